The van der Waals surface area contributed by atoms with E-state index in [0.717, 1.165) is 24.6 Å². The molecule has 1 fully saturated rings. The molecular weight excluding hydrogens is 364 g/mol. The van der Waals surface area contributed by atoms with Crippen LogP contribution in [0.5, 0.6) is 0 Å². The number of carbonyl (C=O) groups is 2. The smallest absolute Gasteiger partial charge is 0.321 e. The Morgan fingerprint density at radius 3 is 2.48 bits per heavy atom. The fourth-order valence-corrected chi connectivity index (χ4v) is 4.12. The Labute approximate surface area is 151 Å². The van der Waals surface area contributed by atoms with Crippen molar-refractivity contribution in [3.63, 3.8) is 0 Å². The van der Waals surface area contributed by atoms with Crippen molar-refractivity contribution < 1.29 is 18.0 Å². The molecule has 0 atom stereocenters. The molecule has 8 nitrogen and oxygen atoms in total. The van der Waals surface area contributed by atoms with E-state index >= 15 is 0 Å². The molecule has 0 aliphatic heterocycles. The molecular formula is C15H22N4O4S2. The molecule has 0 unspecified atom stereocenters. The number of imide groups is 1. The number of aromatic nitrogens is 1. The SMILES string of the molecule is CCN(CC)S(=O)(=O)c1ccc(SCC(=O)NC(=O)NC2CC2)nc1. The molecule has 0 aromatic carbocycles. The van der Waals surface area contributed by atoms with Crippen molar-refractivity contribution in [3.8, 4) is 0 Å². The Morgan fingerprint density at radius 2 is 1.96 bits per heavy atom. The van der Waals surface area contributed by atoms with Crippen molar-refractivity contribution in [2.75, 3.05) is 18.8 Å². The van der Waals surface area contributed by atoms with Crippen LogP contribution in [-0.4, -0.2) is 54.5 Å². The first-order valence-corrected chi connectivity index (χ1v) is 10.5. The Kier molecular flexibility index (Phi) is 6.79. The van der Waals surface area contributed by atoms with E-state index in [4.69, 9.17) is 0 Å². The van der Waals surface area contributed by atoms with E-state index in [1.165, 1.54) is 16.6 Å². The van der Waals surface area contributed by atoms with Crippen LogP contribution in [0.3, 0.4) is 0 Å². The molecule has 0 saturated heterocycles. The Balaban J connectivity index is 1.87. The minimum atomic E-state index is -3.54. The lowest BCUT2D eigenvalue weighted by Crippen LogP contribution is -2.41. The Bertz CT molecular complexity index is 714. The van der Waals surface area contributed by atoms with Crippen molar-refractivity contribution in [1.82, 2.24) is 19.9 Å². The van der Waals surface area contributed by atoms with Crippen molar-refractivity contribution >= 4 is 33.7 Å². The molecule has 25 heavy (non-hydrogen) atoms. The van der Waals surface area contributed by atoms with Gasteiger partial charge in [0.25, 0.3) is 0 Å². The first-order chi connectivity index (χ1) is 11.9. The van der Waals surface area contributed by atoms with Gasteiger partial charge in [-0.3, -0.25) is 10.1 Å². The van der Waals surface area contributed by atoms with Crippen LogP contribution in [-0.2, 0) is 14.8 Å². The lowest BCUT2D eigenvalue weighted by atomic mass is 10.5. The molecule has 0 radical (unpaired) electrons. The average molecular weight is 386 g/mol. The molecule has 1 aliphatic rings. The number of urea groups is 1. The molecule has 2 rings (SSSR count). The summed E-state index contributed by atoms with van der Waals surface area (Å²) < 4.78 is 26.1. The van der Waals surface area contributed by atoms with E-state index in [9.17, 15) is 18.0 Å². The number of pyridine rings is 1. The largest absolute Gasteiger partial charge is 0.335 e. The quantitative estimate of drug-likeness (QED) is 0.650. The third kappa shape index (κ3) is 5.68. The van der Waals surface area contributed by atoms with Gasteiger partial charge in [0.2, 0.25) is 15.9 Å². The number of rotatable bonds is 8. The summed E-state index contributed by atoms with van der Waals surface area (Å²) in [5, 5.41) is 5.42. The fraction of sp³-hybridized carbons (Fsp3) is 0.533. The summed E-state index contributed by atoms with van der Waals surface area (Å²) in [6.07, 6.45) is 3.18. The second-order valence-electron chi connectivity index (χ2n) is 5.51. The number of nitrogens with zero attached hydrogens (tertiary/aromatic N) is 2. The van der Waals surface area contributed by atoms with Gasteiger partial charge in [0.15, 0.2) is 0 Å². The highest BCUT2D eigenvalue weighted by Gasteiger charge is 2.24. The molecule has 10 heteroatoms. The Hall–Kier alpha value is -1.65. The first kappa shape index (κ1) is 19.7. The maximum Gasteiger partial charge on any atom is 0.321 e. The Morgan fingerprint density at radius 1 is 1.28 bits per heavy atom. The van der Waals surface area contributed by atoms with Crippen LogP contribution in [0, 0.1) is 0 Å². The lowest BCUT2D eigenvalue weighted by Gasteiger charge is -2.18. The minimum absolute atomic E-state index is 0.0211. The second-order valence-corrected chi connectivity index (χ2v) is 8.44. The molecule has 0 bridgehead atoms. The highest BCUT2D eigenvalue weighted by molar-refractivity contribution is 7.99. The number of hydrogen-bond acceptors (Lipinski definition) is 6. The van der Waals surface area contributed by atoms with E-state index in [1.54, 1.807) is 19.9 Å². The molecule has 1 heterocycles. The van der Waals surface area contributed by atoms with Crippen LogP contribution >= 0.6 is 11.8 Å². The number of sulfonamides is 1. The van der Waals surface area contributed by atoms with Gasteiger partial charge in [-0.2, -0.15) is 4.31 Å². The summed E-state index contributed by atoms with van der Waals surface area (Å²) in [4.78, 5) is 27.4. The van der Waals surface area contributed by atoms with Gasteiger partial charge in [-0.05, 0) is 25.0 Å². The third-order valence-corrected chi connectivity index (χ3v) is 6.55. The average Bonchev–Trinajstić information content (AvgIpc) is 3.38. The number of hydrogen-bond donors (Lipinski definition) is 2. The molecule has 1 aliphatic carbocycles. The molecule has 1 aromatic rings. The van der Waals surface area contributed by atoms with E-state index < -0.39 is 22.0 Å². The van der Waals surface area contributed by atoms with Crippen LogP contribution in [0.15, 0.2) is 28.3 Å². The summed E-state index contributed by atoms with van der Waals surface area (Å²) in [6, 6.07) is 2.73. The molecule has 3 amide bonds. The van der Waals surface area contributed by atoms with Crippen LogP contribution in [0.1, 0.15) is 26.7 Å². The zero-order valence-corrected chi connectivity index (χ0v) is 15.8. The maximum absolute atomic E-state index is 12.4. The normalized spacial score (nSPS) is 14.4. The third-order valence-electron chi connectivity index (χ3n) is 3.57. The molecule has 0 spiro atoms. The van der Waals surface area contributed by atoms with Crippen LogP contribution in [0.4, 0.5) is 4.79 Å². The van der Waals surface area contributed by atoms with Gasteiger partial charge in [-0.1, -0.05) is 25.6 Å². The topological polar surface area (TPSA) is 108 Å². The van der Waals surface area contributed by atoms with Gasteiger partial charge in [0.1, 0.15) is 4.90 Å². The molecule has 138 valence electrons. The first-order valence-electron chi connectivity index (χ1n) is 8.06. The zero-order valence-electron chi connectivity index (χ0n) is 14.2. The van der Waals surface area contributed by atoms with Crippen molar-refractivity contribution in [2.24, 2.45) is 0 Å². The zero-order chi connectivity index (χ0) is 18.4. The van der Waals surface area contributed by atoms with Gasteiger partial charge in [0.05, 0.1) is 10.8 Å². The summed E-state index contributed by atoms with van der Waals surface area (Å²) >= 11 is 1.13. The summed E-state index contributed by atoms with van der Waals surface area (Å²) in [7, 11) is -3.54. The van der Waals surface area contributed by atoms with E-state index in [1.807, 2.05) is 0 Å². The monoisotopic (exact) mass is 386 g/mol. The summed E-state index contributed by atoms with van der Waals surface area (Å²) in [5.41, 5.74) is 0. The van der Waals surface area contributed by atoms with Gasteiger partial charge >= 0.3 is 6.03 Å². The van der Waals surface area contributed by atoms with E-state index in [0.29, 0.717) is 18.1 Å². The van der Waals surface area contributed by atoms with Crippen LogP contribution in [0.25, 0.3) is 0 Å². The molecule has 2 N–H and O–H groups in total. The predicted molar refractivity (Wildman–Crippen MR) is 94.8 cm³/mol. The second kappa shape index (κ2) is 8.63. The van der Waals surface area contributed by atoms with E-state index in [2.05, 4.69) is 15.6 Å². The molecule has 1 saturated carbocycles. The maximum atomic E-state index is 12.4. The predicted octanol–water partition coefficient (Wildman–Crippen LogP) is 1.19. The number of amides is 3. The fourth-order valence-electron chi connectivity index (χ4n) is 2.07. The van der Waals surface area contributed by atoms with Gasteiger partial charge in [0, 0.05) is 25.3 Å². The standard InChI is InChI=1S/C15H22N4O4S2/c1-3-19(4-2)25(22,23)12-7-8-14(16-9-12)24-10-13(20)18-15(21)17-11-5-6-11/h7-9,11H,3-6,10H2,1-2H3,(H2,17,18,20,21). The van der Waals surface area contributed by atoms with Crippen molar-refractivity contribution in [3.05, 3.63) is 18.3 Å². The lowest BCUT2D eigenvalue weighted by molar-refractivity contribution is -0.117. The van der Waals surface area contributed by atoms with E-state index in [-0.39, 0.29) is 16.7 Å². The number of carbonyl (C=O) groups excluding carboxylic acids is 2. The highest BCUT2D eigenvalue weighted by atomic mass is 32.2. The highest BCUT2D eigenvalue weighted by Crippen LogP contribution is 2.20. The summed E-state index contributed by atoms with van der Waals surface area (Å²) in [6.45, 7) is 4.32. The summed E-state index contributed by atoms with van der Waals surface area (Å²) in [5.74, 6) is -0.405. The van der Waals surface area contributed by atoms with Crippen LogP contribution in [0.2, 0.25) is 0 Å². The van der Waals surface area contributed by atoms with Gasteiger partial charge < -0.3 is 5.32 Å². The van der Waals surface area contributed by atoms with Crippen molar-refractivity contribution in [2.45, 2.75) is 42.7 Å². The molecule has 1 aromatic heterocycles. The van der Waals surface area contributed by atoms with Crippen LogP contribution < -0.4 is 10.6 Å². The van der Waals surface area contributed by atoms with Gasteiger partial charge in [-0.15, -0.1) is 0 Å². The van der Waals surface area contributed by atoms with Gasteiger partial charge in [-0.25, -0.2) is 18.2 Å². The number of nitrogens with one attached hydrogen (secondary N) is 2. The van der Waals surface area contributed by atoms with Crippen molar-refractivity contribution in [1.29, 1.82) is 0 Å². The minimum Gasteiger partial charge on any atom is -0.335 e. The number of thioether (sulfide) groups is 1.